The van der Waals surface area contributed by atoms with E-state index in [1.165, 1.54) is 34.6 Å². The third-order valence-corrected chi connectivity index (χ3v) is 7.84. The van der Waals surface area contributed by atoms with Gasteiger partial charge in [-0.05, 0) is 55.3 Å². The number of hydrogen-bond acceptors (Lipinski definition) is 5. The van der Waals surface area contributed by atoms with Gasteiger partial charge in [0.05, 0.1) is 16.3 Å². The molecule has 0 radical (unpaired) electrons. The van der Waals surface area contributed by atoms with Gasteiger partial charge in [0.25, 0.3) is 15.9 Å². The average molecular weight is 473 g/mol. The Kier molecular flexibility index (Phi) is 5.59. The Balaban J connectivity index is 1.84. The van der Waals surface area contributed by atoms with Crippen LogP contribution in [0.3, 0.4) is 0 Å². The summed E-state index contributed by atoms with van der Waals surface area (Å²) in [6.45, 7) is 0.338. The summed E-state index contributed by atoms with van der Waals surface area (Å²) in [4.78, 5) is 12.4. The van der Waals surface area contributed by atoms with Crippen molar-refractivity contribution in [2.24, 2.45) is 0 Å². The highest BCUT2D eigenvalue weighted by atomic mass is 79.9. The molecular formula is C17H17BrN2O5S2. The normalized spacial score (nSPS) is 16.7. The van der Waals surface area contributed by atoms with Crippen molar-refractivity contribution in [3.05, 3.63) is 58.6 Å². The van der Waals surface area contributed by atoms with Crippen LogP contribution in [0.15, 0.2) is 57.9 Å². The molecule has 1 N–H and O–H groups in total. The molecule has 144 valence electrons. The second-order valence-electron chi connectivity index (χ2n) is 6.03. The van der Waals surface area contributed by atoms with Crippen LogP contribution >= 0.6 is 15.9 Å². The largest absolute Gasteiger partial charge is 0.270 e. The second-order valence-corrected chi connectivity index (χ2v) is 10.6. The van der Waals surface area contributed by atoms with Crippen LogP contribution in [0, 0.1) is 0 Å². The number of halogens is 1. The molecule has 1 amide bonds. The summed E-state index contributed by atoms with van der Waals surface area (Å²) in [5.41, 5.74) is 0.414. The van der Waals surface area contributed by atoms with Crippen LogP contribution < -0.4 is 9.03 Å². The lowest BCUT2D eigenvalue weighted by Crippen LogP contribution is -2.38. The number of carbonyl (C=O) groups is 1. The van der Waals surface area contributed by atoms with Gasteiger partial charge in [0.2, 0.25) is 10.0 Å². The minimum absolute atomic E-state index is 0.0474. The Labute approximate surface area is 166 Å². The second kappa shape index (κ2) is 7.61. The number of benzene rings is 2. The maximum Gasteiger partial charge on any atom is 0.265 e. The molecule has 1 aliphatic rings. The van der Waals surface area contributed by atoms with Crippen molar-refractivity contribution < 1.29 is 21.6 Å². The van der Waals surface area contributed by atoms with Gasteiger partial charge in [0.1, 0.15) is 0 Å². The van der Waals surface area contributed by atoms with Crippen LogP contribution in [0.5, 0.6) is 0 Å². The van der Waals surface area contributed by atoms with Crippen LogP contribution in [0.1, 0.15) is 23.2 Å². The van der Waals surface area contributed by atoms with E-state index in [2.05, 4.69) is 15.9 Å². The zero-order chi connectivity index (χ0) is 19.7. The molecule has 0 spiro atoms. The Hall–Kier alpha value is -1.91. The summed E-state index contributed by atoms with van der Waals surface area (Å²) in [5.74, 6) is -0.768. The van der Waals surface area contributed by atoms with Crippen molar-refractivity contribution in [2.45, 2.75) is 17.7 Å². The lowest BCUT2D eigenvalue weighted by molar-refractivity contribution is 0.0981. The molecule has 1 saturated heterocycles. The molecule has 0 aromatic heterocycles. The number of nitrogens with zero attached hydrogens (tertiary/aromatic N) is 1. The van der Waals surface area contributed by atoms with Gasteiger partial charge in [-0.25, -0.2) is 21.6 Å². The molecule has 0 saturated carbocycles. The number of amides is 1. The van der Waals surface area contributed by atoms with Gasteiger partial charge in [-0.15, -0.1) is 0 Å². The standard InChI is InChI=1S/C17H17BrN2O5S2/c18-14-6-8-16(9-7-14)27(24,25)19-17(21)13-4-3-5-15(12-13)20-10-1-2-11-26(20,22)23/h3-9,12H,1-2,10-11H2,(H,19,21). The Morgan fingerprint density at radius 3 is 2.44 bits per heavy atom. The lowest BCUT2D eigenvalue weighted by Gasteiger charge is -2.28. The van der Waals surface area contributed by atoms with E-state index in [0.717, 1.165) is 6.42 Å². The van der Waals surface area contributed by atoms with Crippen molar-refractivity contribution in [2.75, 3.05) is 16.6 Å². The molecular weight excluding hydrogens is 456 g/mol. The average Bonchev–Trinajstić information content (AvgIpc) is 2.61. The van der Waals surface area contributed by atoms with Crippen molar-refractivity contribution >= 4 is 47.6 Å². The molecule has 1 heterocycles. The van der Waals surface area contributed by atoms with E-state index in [1.54, 1.807) is 18.2 Å². The molecule has 27 heavy (non-hydrogen) atoms. The van der Waals surface area contributed by atoms with E-state index in [9.17, 15) is 21.6 Å². The molecule has 0 bridgehead atoms. The number of hydrogen-bond donors (Lipinski definition) is 1. The van der Waals surface area contributed by atoms with Crippen LogP contribution in [-0.2, 0) is 20.0 Å². The van der Waals surface area contributed by atoms with Gasteiger partial charge in [-0.2, -0.15) is 0 Å². The van der Waals surface area contributed by atoms with Crippen molar-refractivity contribution in [1.29, 1.82) is 0 Å². The van der Waals surface area contributed by atoms with Crippen molar-refractivity contribution in [3.63, 3.8) is 0 Å². The Morgan fingerprint density at radius 2 is 1.78 bits per heavy atom. The molecule has 7 nitrogen and oxygen atoms in total. The monoisotopic (exact) mass is 472 g/mol. The Morgan fingerprint density at radius 1 is 1.07 bits per heavy atom. The summed E-state index contributed by atoms with van der Waals surface area (Å²) < 4.78 is 53.2. The fourth-order valence-corrected chi connectivity index (χ4v) is 5.60. The number of rotatable bonds is 4. The highest BCUT2D eigenvalue weighted by molar-refractivity contribution is 9.10. The molecule has 0 aliphatic carbocycles. The lowest BCUT2D eigenvalue weighted by atomic mass is 10.2. The van der Waals surface area contributed by atoms with Crippen molar-refractivity contribution in [1.82, 2.24) is 4.72 Å². The summed E-state index contributed by atoms with van der Waals surface area (Å²) >= 11 is 3.22. The van der Waals surface area contributed by atoms with E-state index >= 15 is 0 Å². The zero-order valence-corrected chi connectivity index (χ0v) is 17.3. The SMILES string of the molecule is O=C(NS(=O)(=O)c1ccc(Br)cc1)c1cccc(N2CCCCS2(=O)=O)c1. The molecule has 2 aromatic rings. The maximum atomic E-state index is 12.4. The van der Waals surface area contributed by atoms with Crippen LogP contribution in [0.25, 0.3) is 0 Å². The quantitative estimate of drug-likeness (QED) is 0.736. The minimum Gasteiger partial charge on any atom is -0.270 e. The van der Waals surface area contributed by atoms with E-state index in [-0.39, 0.29) is 16.2 Å². The van der Waals surface area contributed by atoms with Crippen LogP contribution in [-0.4, -0.2) is 35.0 Å². The maximum absolute atomic E-state index is 12.4. The van der Waals surface area contributed by atoms with Gasteiger partial charge in [0.15, 0.2) is 0 Å². The fraction of sp³-hybridized carbons (Fsp3) is 0.235. The predicted molar refractivity (Wildman–Crippen MR) is 106 cm³/mol. The smallest absolute Gasteiger partial charge is 0.265 e. The highest BCUT2D eigenvalue weighted by Gasteiger charge is 2.27. The molecule has 3 rings (SSSR count). The highest BCUT2D eigenvalue weighted by Crippen LogP contribution is 2.24. The summed E-state index contributed by atoms with van der Waals surface area (Å²) in [7, 11) is -7.46. The van der Waals surface area contributed by atoms with Crippen LogP contribution in [0.4, 0.5) is 5.69 Å². The van der Waals surface area contributed by atoms with Crippen LogP contribution in [0.2, 0.25) is 0 Å². The number of anilines is 1. The topological polar surface area (TPSA) is 101 Å². The molecule has 2 aromatic carbocycles. The van der Waals surface area contributed by atoms with Gasteiger partial charge >= 0.3 is 0 Å². The molecule has 1 fully saturated rings. The molecule has 1 aliphatic heterocycles. The third-order valence-electron chi connectivity index (χ3n) is 4.10. The van der Waals surface area contributed by atoms with E-state index in [0.29, 0.717) is 23.1 Å². The number of carbonyl (C=O) groups excluding carboxylic acids is 1. The van der Waals surface area contributed by atoms with E-state index in [1.807, 2.05) is 4.72 Å². The minimum atomic E-state index is -4.04. The Bertz CT molecular complexity index is 1070. The van der Waals surface area contributed by atoms with E-state index < -0.39 is 26.0 Å². The summed E-state index contributed by atoms with van der Waals surface area (Å²) in [6.07, 6.45) is 1.33. The zero-order valence-electron chi connectivity index (χ0n) is 14.1. The molecule has 0 unspecified atom stereocenters. The van der Waals surface area contributed by atoms with Gasteiger partial charge < -0.3 is 0 Å². The third kappa shape index (κ3) is 4.50. The van der Waals surface area contributed by atoms with Crippen molar-refractivity contribution in [3.8, 4) is 0 Å². The summed E-state index contributed by atoms with van der Waals surface area (Å²) in [5, 5.41) is 0. The first kappa shape index (κ1) is 19.8. The van der Waals surface area contributed by atoms with Gasteiger partial charge in [-0.1, -0.05) is 22.0 Å². The van der Waals surface area contributed by atoms with E-state index in [4.69, 9.17) is 0 Å². The number of sulfonamides is 2. The fourth-order valence-electron chi connectivity index (χ4n) is 2.73. The summed E-state index contributed by atoms with van der Waals surface area (Å²) in [6, 6.07) is 11.8. The van der Waals surface area contributed by atoms with Gasteiger partial charge in [0, 0.05) is 16.6 Å². The molecule has 0 atom stereocenters. The predicted octanol–water partition coefficient (Wildman–Crippen LogP) is 2.50. The first-order valence-electron chi connectivity index (χ1n) is 8.12. The van der Waals surface area contributed by atoms with Gasteiger partial charge in [-0.3, -0.25) is 9.10 Å². The molecule has 10 heteroatoms. The first-order chi connectivity index (χ1) is 12.7. The first-order valence-corrected chi connectivity index (χ1v) is 12.0. The number of nitrogens with one attached hydrogen (secondary N) is 1.